The third-order valence-electron chi connectivity index (χ3n) is 3.12. The van der Waals surface area contributed by atoms with Crippen LogP contribution < -0.4 is 5.32 Å². The van der Waals surface area contributed by atoms with Gasteiger partial charge in [-0.15, -0.1) is 0 Å². The van der Waals surface area contributed by atoms with Crippen molar-refractivity contribution in [3.8, 4) is 0 Å². The Bertz CT molecular complexity index is 351. The first-order valence-electron chi connectivity index (χ1n) is 6.11. The zero-order valence-corrected chi connectivity index (χ0v) is 9.78. The predicted octanol–water partition coefficient (Wildman–Crippen LogP) is 1.62. The fourth-order valence-corrected chi connectivity index (χ4v) is 2.12. The molecule has 0 spiro atoms. The first kappa shape index (κ1) is 11.3. The summed E-state index contributed by atoms with van der Waals surface area (Å²) < 4.78 is 1.80. The van der Waals surface area contributed by atoms with Crippen molar-refractivity contribution in [1.82, 2.24) is 15.1 Å². The number of rotatable bonds is 3. The Morgan fingerprint density at radius 1 is 1.56 bits per heavy atom. The van der Waals surface area contributed by atoms with Gasteiger partial charge in [-0.05, 0) is 26.3 Å². The van der Waals surface area contributed by atoms with Crippen molar-refractivity contribution in [2.45, 2.75) is 45.2 Å². The van der Waals surface area contributed by atoms with Crippen LogP contribution in [-0.2, 0) is 6.54 Å². The van der Waals surface area contributed by atoms with Gasteiger partial charge in [0.25, 0.3) is 0 Å². The molecule has 1 saturated heterocycles. The van der Waals surface area contributed by atoms with Crippen molar-refractivity contribution in [2.24, 2.45) is 0 Å². The lowest BCUT2D eigenvalue weighted by molar-refractivity contribution is 0.0940. The molecule has 4 nitrogen and oxygen atoms in total. The lowest BCUT2D eigenvalue weighted by Gasteiger charge is -2.12. The SMILES string of the molecule is CCn1cc(C(=O)C2CCCCCN2)cn1. The summed E-state index contributed by atoms with van der Waals surface area (Å²) in [4.78, 5) is 12.2. The van der Waals surface area contributed by atoms with Crippen molar-refractivity contribution in [2.75, 3.05) is 6.54 Å². The van der Waals surface area contributed by atoms with Crippen LogP contribution >= 0.6 is 0 Å². The highest BCUT2D eigenvalue weighted by molar-refractivity contribution is 5.99. The van der Waals surface area contributed by atoms with Gasteiger partial charge in [-0.3, -0.25) is 9.48 Å². The summed E-state index contributed by atoms with van der Waals surface area (Å²) in [6.45, 7) is 3.79. The van der Waals surface area contributed by atoms with Crippen LogP contribution in [0.1, 0.15) is 43.0 Å². The average Bonchev–Trinajstić information content (AvgIpc) is 2.62. The minimum Gasteiger partial charge on any atom is -0.307 e. The fourth-order valence-electron chi connectivity index (χ4n) is 2.12. The molecular weight excluding hydrogens is 202 g/mol. The van der Waals surface area contributed by atoms with E-state index in [2.05, 4.69) is 10.4 Å². The monoisotopic (exact) mass is 221 g/mol. The Labute approximate surface area is 96.0 Å². The second-order valence-corrected chi connectivity index (χ2v) is 4.31. The zero-order chi connectivity index (χ0) is 11.4. The average molecular weight is 221 g/mol. The van der Waals surface area contributed by atoms with Gasteiger partial charge in [0, 0.05) is 12.7 Å². The molecule has 0 amide bonds. The lowest BCUT2D eigenvalue weighted by atomic mass is 10.0. The van der Waals surface area contributed by atoms with E-state index in [0.29, 0.717) is 0 Å². The highest BCUT2D eigenvalue weighted by Gasteiger charge is 2.21. The van der Waals surface area contributed by atoms with E-state index in [1.54, 1.807) is 10.9 Å². The number of nitrogens with one attached hydrogen (secondary N) is 1. The normalized spacial score (nSPS) is 21.7. The van der Waals surface area contributed by atoms with E-state index in [1.165, 1.54) is 12.8 Å². The van der Waals surface area contributed by atoms with Gasteiger partial charge < -0.3 is 5.32 Å². The Kier molecular flexibility index (Phi) is 3.72. The maximum atomic E-state index is 12.2. The van der Waals surface area contributed by atoms with Gasteiger partial charge in [0.15, 0.2) is 5.78 Å². The van der Waals surface area contributed by atoms with E-state index >= 15 is 0 Å². The van der Waals surface area contributed by atoms with Gasteiger partial charge >= 0.3 is 0 Å². The maximum Gasteiger partial charge on any atom is 0.182 e. The molecular formula is C12H19N3O. The summed E-state index contributed by atoms with van der Waals surface area (Å²) in [6.07, 6.45) is 8.03. The third-order valence-corrected chi connectivity index (χ3v) is 3.12. The Morgan fingerprint density at radius 2 is 2.44 bits per heavy atom. The molecule has 1 fully saturated rings. The molecule has 0 saturated carbocycles. The van der Waals surface area contributed by atoms with Gasteiger partial charge in [-0.1, -0.05) is 12.8 Å². The molecule has 1 aliphatic heterocycles. The lowest BCUT2D eigenvalue weighted by Crippen LogP contribution is -2.35. The summed E-state index contributed by atoms with van der Waals surface area (Å²) >= 11 is 0. The standard InChI is InChI=1S/C12H19N3O/c1-2-15-9-10(8-14-15)12(16)11-6-4-3-5-7-13-11/h8-9,11,13H,2-7H2,1H3. The number of carbonyl (C=O) groups excluding carboxylic acids is 1. The van der Waals surface area contributed by atoms with Crippen LogP contribution in [0.3, 0.4) is 0 Å². The van der Waals surface area contributed by atoms with E-state index < -0.39 is 0 Å². The minimum atomic E-state index is -0.00277. The van der Waals surface area contributed by atoms with Crippen LogP contribution in [0, 0.1) is 0 Å². The Balaban J connectivity index is 2.05. The summed E-state index contributed by atoms with van der Waals surface area (Å²) in [5, 5.41) is 7.46. The Morgan fingerprint density at radius 3 is 3.19 bits per heavy atom. The fraction of sp³-hybridized carbons (Fsp3) is 0.667. The number of aryl methyl sites for hydroxylation is 1. The molecule has 16 heavy (non-hydrogen) atoms. The number of hydrogen-bond donors (Lipinski definition) is 1. The first-order valence-corrected chi connectivity index (χ1v) is 6.11. The smallest absolute Gasteiger partial charge is 0.182 e. The van der Waals surface area contributed by atoms with Crippen molar-refractivity contribution < 1.29 is 4.79 Å². The summed E-state index contributed by atoms with van der Waals surface area (Å²) in [6, 6.07) is -0.00277. The summed E-state index contributed by atoms with van der Waals surface area (Å²) in [5.41, 5.74) is 0.737. The maximum absolute atomic E-state index is 12.2. The summed E-state index contributed by atoms with van der Waals surface area (Å²) in [5.74, 6) is 0.196. The molecule has 1 aliphatic rings. The second kappa shape index (κ2) is 5.25. The minimum absolute atomic E-state index is 0.00277. The molecule has 2 heterocycles. The first-order chi connectivity index (χ1) is 7.81. The van der Waals surface area contributed by atoms with Crippen LogP contribution in [0.4, 0.5) is 0 Å². The van der Waals surface area contributed by atoms with Crippen LogP contribution in [0.2, 0.25) is 0 Å². The van der Waals surface area contributed by atoms with E-state index in [0.717, 1.165) is 31.5 Å². The van der Waals surface area contributed by atoms with E-state index in [-0.39, 0.29) is 11.8 Å². The van der Waals surface area contributed by atoms with Crippen LogP contribution in [0.15, 0.2) is 12.4 Å². The van der Waals surface area contributed by atoms with E-state index in [9.17, 15) is 4.79 Å². The van der Waals surface area contributed by atoms with E-state index in [1.807, 2.05) is 13.1 Å². The number of carbonyl (C=O) groups is 1. The van der Waals surface area contributed by atoms with Gasteiger partial charge in [0.05, 0.1) is 17.8 Å². The molecule has 1 atom stereocenters. The molecule has 0 radical (unpaired) electrons. The zero-order valence-electron chi connectivity index (χ0n) is 9.78. The van der Waals surface area contributed by atoms with Gasteiger partial charge in [-0.25, -0.2) is 0 Å². The molecule has 0 aromatic carbocycles. The molecule has 1 aromatic heterocycles. The number of aromatic nitrogens is 2. The molecule has 1 aromatic rings. The van der Waals surface area contributed by atoms with Crippen molar-refractivity contribution in [3.63, 3.8) is 0 Å². The van der Waals surface area contributed by atoms with Crippen LogP contribution in [0.25, 0.3) is 0 Å². The predicted molar refractivity (Wildman–Crippen MR) is 62.5 cm³/mol. The molecule has 1 unspecified atom stereocenters. The number of hydrogen-bond acceptors (Lipinski definition) is 3. The van der Waals surface area contributed by atoms with Crippen molar-refractivity contribution >= 4 is 5.78 Å². The third kappa shape index (κ3) is 2.50. The van der Waals surface area contributed by atoms with Crippen molar-refractivity contribution in [3.05, 3.63) is 18.0 Å². The highest BCUT2D eigenvalue weighted by atomic mass is 16.1. The largest absolute Gasteiger partial charge is 0.307 e. The number of ketones is 1. The second-order valence-electron chi connectivity index (χ2n) is 4.31. The number of Topliss-reactive ketones (excluding diaryl/α,β-unsaturated/α-hetero) is 1. The topological polar surface area (TPSA) is 46.9 Å². The summed E-state index contributed by atoms with van der Waals surface area (Å²) in [7, 11) is 0. The number of nitrogens with zero attached hydrogens (tertiary/aromatic N) is 2. The highest BCUT2D eigenvalue weighted by Crippen LogP contribution is 2.13. The molecule has 1 N–H and O–H groups in total. The quantitative estimate of drug-likeness (QED) is 0.789. The van der Waals surface area contributed by atoms with Gasteiger partial charge in [0.1, 0.15) is 0 Å². The van der Waals surface area contributed by atoms with Crippen LogP contribution in [-0.4, -0.2) is 28.2 Å². The van der Waals surface area contributed by atoms with Crippen molar-refractivity contribution in [1.29, 1.82) is 0 Å². The molecule has 88 valence electrons. The van der Waals surface area contributed by atoms with Crippen LogP contribution in [0.5, 0.6) is 0 Å². The molecule has 0 aliphatic carbocycles. The van der Waals surface area contributed by atoms with Gasteiger partial charge in [-0.2, -0.15) is 5.10 Å². The molecule has 2 rings (SSSR count). The van der Waals surface area contributed by atoms with E-state index in [4.69, 9.17) is 0 Å². The molecule has 0 bridgehead atoms. The van der Waals surface area contributed by atoms with Gasteiger partial charge in [0.2, 0.25) is 0 Å². The Hall–Kier alpha value is -1.16. The molecule has 4 heteroatoms.